The molecule has 3 heteroatoms. The number of thioether (sulfide) groups is 1. The molecule has 1 heterocycles. The van der Waals surface area contributed by atoms with Crippen LogP contribution in [0.2, 0.25) is 0 Å². The Morgan fingerprint density at radius 3 is 2.14 bits per heavy atom. The topological polar surface area (TPSA) is 24.7 Å². The van der Waals surface area contributed by atoms with E-state index < -0.39 is 0 Å². The largest absolute Gasteiger partial charge is 0.256 e. The normalized spacial score (nSPS) is 17.1. The minimum Gasteiger partial charge on any atom is -0.256 e. The molecule has 0 aromatic heterocycles. The van der Waals surface area contributed by atoms with Gasteiger partial charge in [0.05, 0.1) is 11.1 Å². The van der Waals surface area contributed by atoms with Gasteiger partial charge in [-0.05, 0) is 0 Å². The Hall–Kier alpha value is -0.570. The van der Waals surface area contributed by atoms with Gasteiger partial charge in [-0.2, -0.15) is 0 Å². The van der Waals surface area contributed by atoms with Gasteiger partial charge in [0.25, 0.3) is 0 Å². The maximum absolute atomic E-state index is 3.80. The third-order valence-electron chi connectivity index (χ3n) is 0.482. The summed E-state index contributed by atoms with van der Waals surface area (Å²) in [4.78, 5) is 7.61. The van der Waals surface area contributed by atoms with Crippen LogP contribution in [0.1, 0.15) is 0 Å². The van der Waals surface area contributed by atoms with Crippen molar-refractivity contribution in [2.45, 2.75) is 0 Å². The lowest BCUT2D eigenvalue weighted by Crippen LogP contribution is -1.56. The molecule has 0 saturated heterocycles. The smallest absolute Gasteiger partial charge is 0.0654 e. The van der Waals surface area contributed by atoms with Crippen LogP contribution in [0.3, 0.4) is 0 Å². The minimum absolute atomic E-state index is 1.47. The summed E-state index contributed by atoms with van der Waals surface area (Å²) in [6, 6.07) is 0. The molecule has 0 fully saturated rings. The van der Waals surface area contributed by atoms with Crippen LogP contribution in [0.4, 0.5) is 0 Å². The number of rotatable bonds is 0. The van der Waals surface area contributed by atoms with Crippen molar-refractivity contribution in [3.8, 4) is 0 Å². The Labute approximate surface area is 46.1 Å². The zero-order valence-electron chi connectivity index (χ0n) is 3.61. The summed E-state index contributed by atoms with van der Waals surface area (Å²) in [7, 11) is 0. The summed E-state index contributed by atoms with van der Waals surface area (Å²) >= 11 is 1.47. The molecule has 36 valence electrons. The van der Waals surface area contributed by atoms with Crippen molar-refractivity contribution < 1.29 is 0 Å². The first-order valence-electron chi connectivity index (χ1n) is 1.84. The van der Waals surface area contributed by atoms with E-state index in [0.29, 0.717) is 0 Å². The Balaban J connectivity index is 2.60. The van der Waals surface area contributed by atoms with Crippen LogP contribution in [0, 0.1) is 0 Å². The van der Waals surface area contributed by atoms with Gasteiger partial charge >= 0.3 is 0 Å². The van der Waals surface area contributed by atoms with E-state index in [1.54, 1.807) is 23.5 Å². The molecule has 0 unspecified atom stereocenters. The summed E-state index contributed by atoms with van der Waals surface area (Å²) < 4.78 is 0. The summed E-state index contributed by atoms with van der Waals surface area (Å²) in [5.41, 5.74) is 3.46. The molecule has 0 aliphatic carbocycles. The average Bonchev–Trinajstić information content (AvgIpc) is 1.90. The van der Waals surface area contributed by atoms with E-state index in [2.05, 4.69) is 9.98 Å². The Morgan fingerprint density at radius 1 is 1.00 bits per heavy atom. The Morgan fingerprint density at radius 2 is 1.57 bits per heavy atom. The zero-order valence-corrected chi connectivity index (χ0v) is 4.43. The van der Waals surface area contributed by atoms with E-state index in [-0.39, 0.29) is 0 Å². The predicted octanol–water partition coefficient (Wildman–Crippen LogP) is 1.26. The molecule has 2 nitrogen and oxygen atoms in total. The van der Waals surface area contributed by atoms with Gasteiger partial charge in [0.2, 0.25) is 0 Å². The van der Waals surface area contributed by atoms with E-state index >= 15 is 0 Å². The average molecular weight is 112 g/mol. The van der Waals surface area contributed by atoms with E-state index in [0.717, 1.165) is 0 Å². The highest BCUT2D eigenvalue weighted by molar-refractivity contribution is 8.23. The van der Waals surface area contributed by atoms with Gasteiger partial charge in [0, 0.05) is 12.4 Å². The van der Waals surface area contributed by atoms with Crippen LogP contribution in [-0.4, -0.2) is 11.1 Å². The maximum atomic E-state index is 3.80. The molecule has 0 radical (unpaired) electrons. The number of nitrogens with zero attached hydrogens (tertiary/aromatic N) is 2. The SMILES string of the molecule is C1=CN=CSC=N1. The lowest BCUT2D eigenvalue weighted by molar-refractivity contribution is 1.51. The molecule has 0 atom stereocenters. The quantitative estimate of drug-likeness (QED) is 0.463. The predicted molar refractivity (Wildman–Crippen MR) is 33.7 cm³/mol. The van der Waals surface area contributed by atoms with Gasteiger partial charge in [-0.3, -0.25) is 9.98 Å². The third kappa shape index (κ3) is 1.55. The van der Waals surface area contributed by atoms with Gasteiger partial charge in [0.15, 0.2) is 0 Å². The molecule has 0 saturated carbocycles. The fourth-order valence-corrected chi connectivity index (χ4v) is 0.580. The van der Waals surface area contributed by atoms with E-state index in [1.165, 1.54) is 11.8 Å². The Kier molecular flexibility index (Phi) is 1.69. The number of aliphatic imine (C=N–C) groups is 2. The van der Waals surface area contributed by atoms with E-state index in [9.17, 15) is 0 Å². The standard InChI is InChI=1S/C4H4N2S/c1-2-6-4-7-3-5-1/h1-4H. The van der Waals surface area contributed by atoms with Crippen molar-refractivity contribution in [1.82, 2.24) is 0 Å². The zero-order chi connectivity index (χ0) is 4.95. The lowest BCUT2D eigenvalue weighted by Gasteiger charge is -1.67. The van der Waals surface area contributed by atoms with Crippen molar-refractivity contribution in [3.63, 3.8) is 0 Å². The van der Waals surface area contributed by atoms with E-state index in [4.69, 9.17) is 0 Å². The third-order valence-corrected chi connectivity index (χ3v) is 0.969. The molecule has 7 heavy (non-hydrogen) atoms. The first-order chi connectivity index (χ1) is 3.50. The van der Waals surface area contributed by atoms with Gasteiger partial charge in [-0.15, -0.1) is 0 Å². The first kappa shape index (κ1) is 4.59. The summed E-state index contributed by atoms with van der Waals surface area (Å²) in [5, 5.41) is 0. The Bertz CT molecular complexity index is 112. The van der Waals surface area contributed by atoms with Crippen LogP contribution in [-0.2, 0) is 0 Å². The fraction of sp³-hybridized carbons (Fsp3) is 0. The fourth-order valence-electron chi connectivity index (χ4n) is 0.245. The van der Waals surface area contributed by atoms with Crippen LogP contribution in [0.5, 0.6) is 0 Å². The van der Waals surface area contributed by atoms with Crippen molar-refractivity contribution >= 4 is 22.9 Å². The molecule has 0 bridgehead atoms. The van der Waals surface area contributed by atoms with Crippen LogP contribution < -0.4 is 0 Å². The molecule has 0 N–H and O–H groups in total. The van der Waals surface area contributed by atoms with Crippen LogP contribution in [0.25, 0.3) is 0 Å². The van der Waals surface area contributed by atoms with Gasteiger partial charge in [-0.25, -0.2) is 0 Å². The molecule has 1 rings (SSSR count). The first-order valence-corrected chi connectivity index (χ1v) is 2.78. The number of hydrogen-bond donors (Lipinski definition) is 0. The van der Waals surface area contributed by atoms with Gasteiger partial charge < -0.3 is 0 Å². The van der Waals surface area contributed by atoms with Crippen molar-refractivity contribution in [3.05, 3.63) is 12.4 Å². The molecule has 0 spiro atoms. The van der Waals surface area contributed by atoms with Crippen LogP contribution in [0.15, 0.2) is 22.4 Å². The summed E-state index contributed by atoms with van der Waals surface area (Å²) in [5.74, 6) is 0. The highest BCUT2D eigenvalue weighted by Crippen LogP contribution is 1.93. The minimum atomic E-state index is 1.47. The number of hydrogen-bond acceptors (Lipinski definition) is 3. The van der Waals surface area contributed by atoms with E-state index in [1.807, 2.05) is 0 Å². The second kappa shape index (κ2) is 2.58. The maximum Gasteiger partial charge on any atom is 0.0654 e. The summed E-state index contributed by atoms with van der Waals surface area (Å²) in [6.45, 7) is 0. The van der Waals surface area contributed by atoms with Crippen molar-refractivity contribution in [2.75, 3.05) is 0 Å². The molecule has 0 aromatic rings. The van der Waals surface area contributed by atoms with Gasteiger partial charge in [-0.1, -0.05) is 11.8 Å². The monoisotopic (exact) mass is 112 g/mol. The molecular formula is C4H4N2S. The highest BCUT2D eigenvalue weighted by Gasteiger charge is 1.72. The van der Waals surface area contributed by atoms with Crippen LogP contribution >= 0.6 is 11.8 Å². The summed E-state index contributed by atoms with van der Waals surface area (Å²) in [6.07, 6.45) is 3.30. The molecule has 0 aromatic carbocycles. The molecule has 0 amide bonds. The second-order valence-corrected chi connectivity index (χ2v) is 1.64. The van der Waals surface area contributed by atoms with Crippen molar-refractivity contribution in [2.24, 2.45) is 9.98 Å². The highest BCUT2D eigenvalue weighted by atomic mass is 32.2. The molecule has 1 aliphatic heterocycles. The van der Waals surface area contributed by atoms with Crippen molar-refractivity contribution in [1.29, 1.82) is 0 Å². The lowest BCUT2D eigenvalue weighted by atomic mass is 10.9. The second-order valence-electron chi connectivity index (χ2n) is 0.943. The van der Waals surface area contributed by atoms with Gasteiger partial charge in [0.1, 0.15) is 0 Å². The molecular weight excluding hydrogens is 108 g/mol. The molecule has 1 aliphatic rings.